The van der Waals surface area contributed by atoms with E-state index in [0.29, 0.717) is 0 Å². The van der Waals surface area contributed by atoms with Gasteiger partial charge in [-0.25, -0.2) is 0 Å². The van der Waals surface area contributed by atoms with Crippen molar-refractivity contribution in [1.82, 2.24) is 0 Å². The Labute approximate surface area is 82.6 Å². The molecule has 0 N–H and O–H groups in total. The molecule has 0 bridgehead atoms. The van der Waals surface area contributed by atoms with Crippen LogP contribution in [0.25, 0.3) is 0 Å². The second-order valence-electron chi connectivity index (χ2n) is 2.28. The Morgan fingerprint density at radius 1 is 1.13 bits per heavy atom. The van der Waals surface area contributed by atoms with Gasteiger partial charge < -0.3 is 4.74 Å². The summed E-state index contributed by atoms with van der Waals surface area (Å²) in [5.41, 5.74) is 0. The zero-order valence-corrected chi connectivity index (χ0v) is 7.35. The van der Waals surface area contributed by atoms with Crippen molar-refractivity contribution in [2.75, 3.05) is 6.61 Å². The summed E-state index contributed by atoms with van der Waals surface area (Å²) in [7, 11) is 0. The van der Waals surface area contributed by atoms with E-state index >= 15 is 0 Å². The van der Waals surface area contributed by atoms with Crippen LogP contribution in [0.4, 0.5) is 0 Å². The Morgan fingerprint density at radius 3 is 1.87 bits per heavy atom. The van der Waals surface area contributed by atoms with E-state index in [2.05, 4.69) is 11.3 Å². The highest BCUT2D eigenvalue weighted by atomic mass is 16.7. The van der Waals surface area contributed by atoms with E-state index in [-0.39, 0.29) is 6.61 Å². The van der Waals surface area contributed by atoms with Crippen molar-refractivity contribution in [2.45, 2.75) is 12.4 Å². The van der Waals surface area contributed by atoms with E-state index in [0.717, 1.165) is 6.08 Å². The van der Waals surface area contributed by atoms with Gasteiger partial charge in [0.15, 0.2) is 0 Å². The van der Waals surface area contributed by atoms with Crippen LogP contribution in [0.5, 0.6) is 0 Å². The minimum atomic E-state index is -2.63. The maximum Gasteiger partial charge on any atom is 0.541 e. The molecule has 0 saturated heterocycles. The fraction of sp³-hybridized carbons (Fsp3) is 0.600. The highest BCUT2D eigenvalue weighted by Gasteiger charge is 2.52. The van der Waals surface area contributed by atoms with Gasteiger partial charge in [-0.05, 0) is 0 Å². The van der Waals surface area contributed by atoms with Gasteiger partial charge in [0, 0.05) is 0 Å². The van der Waals surface area contributed by atoms with Crippen LogP contribution in [0, 0.1) is 30.3 Å². The minimum absolute atomic E-state index is 0.385. The summed E-state index contributed by atoms with van der Waals surface area (Å²) in [6.07, 6.45) is -3.86. The topological polar surface area (TPSA) is 139 Å². The van der Waals surface area contributed by atoms with Gasteiger partial charge in [0.05, 0.1) is 11.5 Å². The largest absolute Gasteiger partial charge is 0.541 e. The summed E-state index contributed by atoms with van der Waals surface area (Å²) in [5, 5.41) is 30.7. The molecule has 0 spiro atoms. The van der Waals surface area contributed by atoms with E-state index < -0.39 is 27.2 Å². The Morgan fingerprint density at radius 2 is 1.60 bits per heavy atom. The monoisotopic (exact) mass is 221 g/mol. The number of nitrogens with zero attached hydrogens (tertiary/aromatic N) is 3. The summed E-state index contributed by atoms with van der Waals surface area (Å²) < 4.78 is 4.34. The lowest BCUT2D eigenvalue weighted by Crippen LogP contribution is -2.46. The first-order chi connectivity index (χ1) is 6.91. The van der Waals surface area contributed by atoms with Crippen LogP contribution in [0.15, 0.2) is 12.7 Å². The van der Waals surface area contributed by atoms with Gasteiger partial charge in [0.2, 0.25) is 0 Å². The Hall–Kier alpha value is -2.10. The van der Waals surface area contributed by atoms with Crippen molar-refractivity contribution in [3.63, 3.8) is 0 Å². The fourth-order valence-electron chi connectivity index (χ4n) is 0.708. The molecule has 1 atom stereocenters. The van der Waals surface area contributed by atoms with Crippen LogP contribution in [0.3, 0.4) is 0 Å². The highest BCUT2D eigenvalue weighted by molar-refractivity contribution is 4.65. The third kappa shape index (κ3) is 3.64. The van der Waals surface area contributed by atoms with E-state index in [1.807, 2.05) is 0 Å². The van der Waals surface area contributed by atoms with Crippen LogP contribution in [-0.2, 0) is 4.74 Å². The zero-order chi connectivity index (χ0) is 12.0. The molecule has 0 amide bonds. The van der Waals surface area contributed by atoms with Crippen LogP contribution in [0.1, 0.15) is 0 Å². The summed E-state index contributed by atoms with van der Waals surface area (Å²) in [5.74, 6) is 0. The quantitative estimate of drug-likeness (QED) is 0.248. The van der Waals surface area contributed by atoms with Gasteiger partial charge in [0.1, 0.15) is 9.85 Å². The Kier molecular flexibility index (Phi) is 4.81. The fourth-order valence-corrected chi connectivity index (χ4v) is 0.708. The molecule has 1 unspecified atom stereocenters. The smallest absolute Gasteiger partial charge is 0.302 e. The van der Waals surface area contributed by atoms with Crippen molar-refractivity contribution in [3.8, 4) is 0 Å². The molecule has 0 radical (unpaired) electrons. The van der Waals surface area contributed by atoms with E-state index in [1.165, 1.54) is 0 Å². The van der Waals surface area contributed by atoms with Gasteiger partial charge >= 0.3 is 12.4 Å². The summed E-state index contributed by atoms with van der Waals surface area (Å²) in [6.45, 7) is 2.77. The maximum absolute atomic E-state index is 10.3. The molecule has 0 aliphatic heterocycles. The molecule has 0 aromatic heterocycles. The molecule has 0 aromatic rings. The van der Waals surface area contributed by atoms with Crippen LogP contribution < -0.4 is 0 Å². The molecule has 10 nitrogen and oxygen atoms in total. The van der Waals surface area contributed by atoms with Gasteiger partial charge in [-0.2, -0.15) is 0 Å². The van der Waals surface area contributed by atoms with E-state index in [9.17, 15) is 30.3 Å². The predicted molar refractivity (Wildman–Crippen MR) is 44.7 cm³/mol. The summed E-state index contributed by atoms with van der Waals surface area (Å²) in [4.78, 5) is 26.7. The van der Waals surface area contributed by atoms with Crippen LogP contribution in [-0.4, -0.2) is 33.8 Å². The summed E-state index contributed by atoms with van der Waals surface area (Å²) in [6, 6.07) is 0. The van der Waals surface area contributed by atoms with Crippen molar-refractivity contribution in [3.05, 3.63) is 43.0 Å². The van der Waals surface area contributed by atoms with Crippen molar-refractivity contribution in [1.29, 1.82) is 0 Å². The highest BCUT2D eigenvalue weighted by Crippen LogP contribution is 2.05. The van der Waals surface area contributed by atoms with Crippen molar-refractivity contribution in [2.24, 2.45) is 0 Å². The van der Waals surface area contributed by atoms with Crippen LogP contribution in [0.2, 0.25) is 0 Å². The standard InChI is InChI=1S/C5H7N3O7/c1-2-3-15-5(8(13)14)4(6(9)10)7(11)12/h2,4-5H,1,3H2. The molecule has 0 fully saturated rings. The third-order valence-corrected chi connectivity index (χ3v) is 1.28. The number of nitro groups is 3. The van der Waals surface area contributed by atoms with Gasteiger partial charge in [-0.15, -0.1) is 6.58 Å². The second kappa shape index (κ2) is 5.59. The number of hydrogen-bond acceptors (Lipinski definition) is 7. The number of hydrogen-bond donors (Lipinski definition) is 0. The predicted octanol–water partition coefficient (Wildman–Crippen LogP) is -0.329. The van der Waals surface area contributed by atoms with Gasteiger partial charge in [-0.1, -0.05) is 6.08 Å². The number of rotatable bonds is 7. The lowest BCUT2D eigenvalue weighted by atomic mass is 10.4. The molecule has 0 rings (SSSR count). The molecular formula is C5H7N3O7. The first kappa shape index (κ1) is 12.9. The van der Waals surface area contributed by atoms with E-state index in [4.69, 9.17) is 0 Å². The third-order valence-electron chi connectivity index (χ3n) is 1.28. The van der Waals surface area contributed by atoms with Gasteiger partial charge in [-0.3, -0.25) is 30.3 Å². The van der Waals surface area contributed by atoms with Crippen LogP contribution >= 0.6 is 0 Å². The Bertz CT molecular complexity index is 276. The maximum atomic E-state index is 10.3. The first-order valence-electron chi connectivity index (χ1n) is 3.54. The lowest BCUT2D eigenvalue weighted by molar-refractivity contribution is -0.800. The normalized spacial score (nSPS) is 12.1. The first-order valence-corrected chi connectivity index (χ1v) is 3.54. The average molecular weight is 221 g/mol. The average Bonchev–Trinajstić information content (AvgIpc) is 2.09. The number of ether oxygens (including phenoxy) is 1. The molecule has 84 valence electrons. The SMILES string of the molecule is C=CCOC(C([N+](=O)[O-])[N+](=O)[O-])[N+](=O)[O-]. The van der Waals surface area contributed by atoms with Crippen molar-refractivity contribution < 1.29 is 19.5 Å². The van der Waals surface area contributed by atoms with Crippen molar-refractivity contribution >= 4 is 0 Å². The minimum Gasteiger partial charge on any atom is -0.302 e. The molecule has 0 aliphatic rings. The molecular weight excluding hydrogens is 214 g/mol. The summed E-state index contributed by atoms with van der Waals surface area (Å²) >= 11 is 0. The zero-order valence-electron chi connectivity index (χ0n) is 7.35. The molecule has 0 heterocycles. The molecule has 15 heavy (non-hydrogen) atoms. The molecule has 10 heteroatoms. The second-order valence-corrected chi connectivity index (χ2v) is 2.28. The lowest BCUT2D eigenvalue weighted by Gasteiger charge is -2.07. The molecule has 0 aliphatic carbocycles. The van der Waals surface area contributed by atoms with Gasteiger partial charge in [0.25, 0.3) is 0 Å². The Balaban J connectivity index is 4.83. The molecule has 0 aromatic carbocycles. The molecule has 0 saturated carbocycles. The van der Waals surface area contributed by atoms with E-state index in [1.54, 1.807) is 0 Å².